The van der Waals surface area contributed by atoms with Crippen LogP contribution in [-0.4, -0.2) is 23.2 Å². The Morgan fingerprint density at radius 3 is 2.65 bits per heavy atom. The Balaban J connectivity index is 1.85. The average molecular weight is 270 g/mol. The first kappa shape index (κ1) is 12.2. The summed E-state index contributed by atoms with van der Waals surface area (Å²) in [6.45, 7) is 0. The summed E-state index contributed by atoms with van der Waals surface area (Å²) >= 11 is 0. The fourth-order valence-corrected chi connectivity index (χ4v) is 1.73. The number of methoxy groups -OCH3 is 1. The summed E-state index contributed by atoms with van der Waals surface area (Å²) in [6.07, 6.45) is 3.07. The van der Waals surface area contributed by atoms with E-state index in [0.717, 1.165) is 0 Å². The molecule has 6 heteroatoms. The lowest BCUT2D eigenvalue weighted by atomic mass is 10.2. The van der Waals surface area contributed by atoms with Gasteiger partial charge in [-0.05, 0) is 24.3 Å². The summed E-state index contributed by atoms with van der Waals surface area (Å²) in [5, 5.41) is 4.23. The van der Waals surface area contributed by atoms with Crippen molar-refractivity contribution in [2.24, 2.45) is 0 Å². The molecule has 2 heterocycles. The highest BCUT2D eigenvalue weighted by Gasteiger charge is 2.18. The van der Waals surface area contributed by atoms with Crippen molar-refractivity contribution in [3.63, 3.8) is 0 Å². The van der Waals surface area contributed by atoms with Gasteiger partial charge < -0.3 is 14.0 Å². The molecule has 0 amide bonds. The second-order valence-corrected chi connectivity index (χ2v) is 3.97. The zero-order chi connectivity index (χ0) is 13.9. The first-order valence-corrected chi connectivity index (χ1v) is 5.83. The van der Waals surface area contributed by atoms with Crippen molar-refractivity contribution in [2.45, 2.75) is 0 Å². The first-order chi connectivity index (χ1) is 9.78. The van der Waals surface area contributed by atoms with Gasteiger partial charge in [0.05, 0.1) is 12.5 Å². The van der Waals surface area contributed by atoms with E-state index in [2.05, 4.69) is 10.1 Å². The van der Waals surface area contributed by atoms with Crippen molar-refractivity contribution in [2.75, 3.05) is 7.11 Å². The number of fused-ring (bicyclic) bond motifs is 1. The van der Waals surface area contributed by atoms with Crippen LogP contribution in [0.15, 0.2) is 47.2 Å². The molecule has 0 fully saturated rings. The summed E-state index contributed by atoms with van der Waals surface area (Å²) in [5.41, 5.74) is 0.589. The molecule has 0 aliphatic heterocycles. The quantitative estimate of drug-likeness (QED) is 0.537. The highest BCUT2D eigenvalue weighted by Crippen LogP contribution is 2.21. The first-order valence-electron chi connectivity index (χ1n) is 5.83. The van der Waals surface area contributed by atoms with Gasteiger partial charge in [-0.2, -0.15) is 0 Å². The third-order valence-electron chi connectivity index (χ3n) is 2.73. The SMILES string of the molecule is COc1ccc(OC(=O)c2noc3ccncc23)cc1. The smallest absolute Gasteiger partial charge is 0.366 e. The van der Waals surface area contributed by atoms with Gasteiger partial charge in [-0.15, -0.1) is 0 Å². The van der Waals surface area contributed by atoms with E-state index in [1.807, 2.05) is 0 Å². The number of ether oxygens (including phenoxy) is 2. The van der Waals surface area contributed by atoms with E-state index in [-0.39, 0.29) is 5.69 Å². The van der Waals surface area contributed by atoms with E-state index in [9.17, 15) is 4.79 Å². The molecule has 0 aliphatic rings. The van der Waals surface area contributed by atoms with E-state index >= 15 is 0 Å². The van der Waals surface area contributed by atoms with E-state index in [0.29, 0.717) is 22.5 Å². The molecule has 0 aliphatic carbocycles. The molecule has 0 saturated carbocycles. The molecule has 2 aromatic heterocycles. The number of carbonyl (C=O) groups excluding carboxylic acids is 1. The molecule has 3 aromatic rings. The molecule has 6 nitrogen and oxygen atoms in total. The Labute approximate surface area is 113 Å². The van der Waals surface area contributed by atoms with Crippen molar-refractivity contribution in [3.8, 4) is 11.5 Å². The van der Waals surface area contributed by atoms with Gasteiger partial charge in [0.2, 0.25) is 5.69 Å². The van der Waals surface area contributed by atoms with Crippen LogP contribution in [0, 0.1) is 0 Å². The highest BCUT2D eigenvalue weighted by atomic mass is 16.5. The number of hydrogen-bond acceptors (Lipinski definition) is 6. The van der Waals surface area contributed by atoms with E-state index < -0.39 is 5.97 Å². The highest BCUT2D eigenvalue weighted by molar-refractivity contribution is 6.01. The van der Waals surface area contributed by atoms with Crippen molar-refractivity contribution in [1.82, 2.24) is 10.1 Å². The molecule has 20 heavy (non-hydrogen) atoms. The van der Waals surface area contributed by atoms with Crippen LogP contribution in [-0.2, 0) is 0 Å². The van der Waals surface area contributed by atoms with Crippen LogP contribution in [0.3, 0.4) is 0 Å². The Kier molecular flexibility index (Phi) is 3.04. The largest absolute Gasteiger partial charge is 0.497 e. The fraction of sp³-hybridized carbons (Fsp3) is 0.0714. The van der Waals surface area contributed by atoms with E-state index in [1.165, 1.54) is 6.20 Å². The normalized spacial score (nSPS) is 10.4. The van der Waals surface area contributed by atoms with Crippen molar-refractivity contribution >= 4 is 16.9 Å². The predicted octanol–water partition coefficient (Wildman–Crippen LogP) is 2.45. The zero-order valence-corrected chi connectivity index (χ0v) is 10.6. The molecular formula is C14H10N2O4. The van der Waals surface area contributed by atoms with Crippen molar-refractivity contribution in [3.05, 3.63) is 48.4 Å². The maximum absolute atomic E-state index is 12.0. The van der Waals surface area contributed by atoms with Gasteiger partial charge in [-0.25, -0.2) is 4.79 Å². The van der Waals surface area contributed by atoms with Crippen LogP contribution in [0.2, 0.25) is 0 Å². The number of hydrogen-bond donors (Lipinski definition) is 0. The van der Waals surface area contributed by atoms with Gasteiger partial charge in [0.15, 0.2) is 5.58 Å². The Hall–Kier alpha value is -2.89. The monoisotopic (exact) mass is 270 g/mol. The maximum atomic E-state index is 12.0. The van der Waals surface area contributed by atoms with Crippen LogP contribution < -0.4 is 9.47 Å². The molecule has 3 rings (SSSR count). The fourth-order valence-electron chi connectivity index (χ4n) is 1.73. The van der Waals surface area contributed by atoms with Crippen molar-refractivity contribution < 1.29 is 18.8 Å². The van der Waals surface area contributed by atoms with Crippen LogP contribution in [0.5, 0.6) is 11.5 Å². The summed E-state index contributed by atoms with van der Waals surface area (Å²) in [4.78, 5) is 16.0. The molecule has 1 aromatic carbocycles. The summed E-state index contributed by atoms with van der Waals surface area (Å²) in [5.74, 6) is 0.485. The van der Waals surface area contributed by atoms with Crippen LogP contribution in [0.1, 0.15) is 10.5 Å². The second-order valence-electron chi connectivity index (χ2n) is 3.97. The molecule has 0 unspecified atom stereocenters. The van der Waals surface area contributed by atoms with E-state index in [4.69, 9.17) is 14.0 Å². The lowest BCUT2D eigenvalue weighted by Crippen LogP contribution is -2.09. The van der Waals surface area contributed by atoms with Gasteiger partial charge in [0.25, 0.3) is 0 Å². The molecule has 0 radical (unpaired) electrons. The molecule has 0 N–H and O–H groups in total. The van der Waals surface area contributed by atoms with Crippen LogP contribution in [0.4, 0.5) is 0 Å². The molecule has 0 spiro atoms. The number of pyridine rings is 1. The standard InChI is InChI=1S/C14H10N2O4/c1-18-9-2-4-10(5-3-9)19-14(17)13-11-8-15-7-6-12(11)20-16-13/h2-8H,1H3. The topological polar surface area (TPSA) is 74.5 Å². The Morgan fingerprint density at radius 2 is 1.90 bits per heavy atom. The number of benzene rings is 1. The molecular weight excluding hydrogens is 260 g/mol. The number of aromatic nitrogens is 2. The Morgan fingerprint density at radius 1 is 1.15 bits per heavy atom. The third-order valence-corrected chi connectivity index (χ3v) is 2.73. The number of esters is 1. The van der Waals surface area contributed by atoms with Crippen LogP contribution in [0.25, 0.3) is 11.0 Å². The molecule has 100 valence electrons. The predicted molar refractivity (Wildman–Crippen MR) is 69.8 cm³/mol. The second kappa shape index (κ2) is 5.00. The van der Waals surface area contributed by atoms with Gasteiger partial charge in [0.1, 0.15) is 11.5 Å². The van der Waals surface area contributed by atoms with Gasteiger partial charge in [0, 0.05) is 18.5 Å². The van der Waals surface area contributed by atoms with Gasteiger partial charge >= 0.3 is 5.97 Å². The lowest BCUT2D eigenvalue weighted by molar-refractivity contribution is 0.0726. The summed E-state index contributed by atoms with van der Waals surface area (Å²) in [6, 6.07) is 8.30. The zero-order valence-electron chi connectivity index (χ0n) is 10.6. The number of carbonyl (C=O) groups is 1. The van der Waals surface area contributed by atoms with Crippen LogP contribution >= 0.6 is 0 Å². The summed E-state index contributed by atoms with van der Waals surface area (Å²) < 4.78 is 15.3. The lowest BCUT2D eigenvalue weighted by Gasteiger charge is -2.03. The Bertz CT molecular complexity index is 749. The number of rotatable bonds is 3. The molecule has 0 atom stereocenters. The third kappa shape index (κ3) is 2.18. The van der Waals surface area contributed by atoms with E-state index in [1.54, 1.807) is 43.6 Å². The molecule has 0 bridgehead atoms. The average Bonchev–Trinajstić information content (AvgIpc) is 2.92. The van der Waals surface area contributed by atoms with Gasteiger partial charge in [-0.3, -0.25) is 4.98 Å². The minimum Gasteiger partial charge on any atom is -0.497 e. The van der Waals surface area contributed by atoms with Gasteiger partial charge in [-0.1, -0.05) is 5.16 Å². The van der Waals surface area contributed by atoms with Crippen molar-refractivity contribution in [1.29, 1.82) is 0 Å². The summed E-state index contributed by atoms with van der Waals surface area (Å²) in [7, 11) is 1.57. The minimum atomic E-state index is -0.595. The minimum absolute atomic E-state index is 0.101. The molecule has 0 saturated heterocycles. The number of nitrogens with zero attached hydrogens (tertiary/aromatic N) is 2. The maximum Gasteiger partial charge on any atom is 0.366 e.